The number of benzene rings is 2. The molecule has 0 amide bonds. The van der Waals surface area contributed by atoms with Crippen LogP contribution < -0.4 is 0 Å². The number of nitrogens with zero attached hydrogens (tertiary/aromatic N) is 3. The number of halogens is 3. The number of hydrogen-bond acceptors (Lipinski definition) is 4. The molecule has 4 nitrogen and oxygen atoms in total. The van der Waals surface area contributed by atoms with Crippen molar-refractivity contribution < 1.29 is 18.0 Å². The van der Waals surface area contributed by atoms with Gasteiger partial charge in [-0.25, -0.2) is 9.50 Å². The molecule has 0 saturated carbocycles. The van der Waals surface area contributed by atoms with Crippen molar-refractivity contribution >= 4 is 23.2 Å². The van der Waals surface area contributed by atoms with Gasteiger partial charge in [-0.3, -0.25) is 4.79 Å². The lowest BCUT2D eigenvalue weighted by atomic mass is 10.0. The van der Waals surface area contributed by atoms with Gasteiger partial charge in [0.15, 0.2) is 11.4 Å². The maximum Gasteiger partial charge on any atom is 0.446 e. The number of alkyl halides is 3. The van der Waals surface area contributed by atoms with Crippen LogP contribution in [0.2, 0.25) is 0 Å². The standard InChI is InChI=1S/C22H16F3N3OS/c1-14-11-21-26-17(12-19(28(21)27-14)15-5-3-2-4-6-15)13-20(29)16-7-9-18(10-8-16)30-22(23,24)25/h2-12H,13H2,1H3. The smallest absolute Gasteiger partial charge is 0.294 e. The predicted molar refractivity (Wildman–Crippen MR) is 110 cm³/mol. The zero-order valence-corrected chi connectivity index (χ0v) is 16.7. The van der Waals surface area contributed by atoms with Gasteiger partial charge in [0, 0.05) is 22.1 Å². The summed E-state index contributed by atoms with van der Waals surface area (Å²) in [6.45, 7) is 1.87. The molecule has 30 heavy (non-hydrogen) atoms. The van der Waals surface area contributed by atoms with E-state index in [2.05, 4.69) is 10.1 Å². The van der Waals surface area contributed by atoms with Crippen molar-refractivity contribution in [2.75, 3.05) is 0 Å². The second kappa shape index (κ2) is 7.95. The van der Waals surface area contributed by atoms with Crippen molar-refractivity contribution in [2.24, 2.45) is 0 Å². The lowest BCUT2D eigenvalue weighted by Crippen LogP contribution is -2.08. The van der Waals surface area contributed by atoms with Crippen LogP contribution in [-0.4, -0.2) is 25.9 Å². The molecular weight excluding hydrogens is 411 g/mol. The third-order valence-electron chi connectivity index (χ3n) is 4.42. The Morgan fingerprint density at radius 2 is 1.73 bits per heavy atom. The number of thioether (sulfide) groups is 1. The molecule has 2 heterocycles. The van der Waals surface area contributed by atoms with Crippen LogP contribution in [0, 0.1) is 6.92 Å². The zero-order chi connectivity index (χ0) is 21.3. The molecular formula is C22H16F3N3OS. The summed E-state index contributed by atoms with van der Waals surface area (Å²) >= 11 is -0.205. The fraction of sp³-hybridized carbons (Fsp3) is 0.136. The lowest BCUT2D eigenvalue weighted by Gasteiger charge is -2.09. The van der Waals surface area contributed by atoms with Gasteiger partial charge in [0.2, 0.25) is 0 Å². The average Bonchev–Trinajstić information content (AvgIpc) is 3.07. The fourth-order valence-corrected chi connectivity index (χ4v) is 3.69. The molecule has 0 bridgehead atoms. The molecule has 0 atom stereocenters. The Labute approximate surface area is 174 Å². The molecule has 0 saturated heterocycles. The Hall–Kier alpha value is -3.13. The first-order valence-electron chi connectivity index (χ1n) is 9.09. The van der Waals surface area contributed by atoms with Crippen LogP contribution in [0.15, 0.2) is 71.6 Å². The Morgan fingerprint density at radius 3 is 2.40 bits per heavy atom. The highest BCUT2D eigenvalue weighted by Crippen LogP contribution is 2.36. The summed E-state index contributed by atoms with van der Waals surface area (Å²) in [5.74, 6) is -0.217. The van der Waals surface area contributed by atoms with Crippen LogP contribution in [-0.2, 0) is 6.42 Å². The summed E-state index contributed by atoms with van der Waals surface area (Å²) in [5, 5.41) is 4.48. The van der Waals surface area contributed by atoms with E-state index >= 15 is 0 Å². The SMILES string of the molecule is Cc1cc2nc(CC(=O)c3ccc(SC(F)(F)F)cc3)cc(-c3ccccc3)n2n1. The molecule has 0 aliphatic rings. The van der Waals surface area contributed by atoms with Crippen molar-refractivity contribution in [2.45, 2.75) is 23.7 Å². The molecule has 0 aliphatic heterocycles. The number of aryl methyl sites for hydroxylation is 1. The molecule has 4 aromatic rings. The van der Waals surface area contributed by atoms with Crippen LogP contribution in [0.3, 0.4) is 0 Å². The van der Waals surface area contributed by atoms with Crippen LogP contribution >= 0.6 is 11.8 Å². The number of fused-ring (bicyclic) bond motifs is 1. The number of carbonyl (C=O) groups excluding carboxylic acids is 1. The van der Waals surface area contributed by atoms with Gasteiger partial charge in [-0.15, -0.1) is 0 Å². The fourth-order valence-electron chi connectivity index (χ4n) is 3.16. The molecule has 2 aromatic heterocycles. The van der Waals surface area contributed by atoms with Gasteiger partial charge in [-0.1, -0.05) is 42.5 Å². The highest BCUT2D eigenvalue weighted by Gasteiger charge is 2.29. The van der Waals surface area contributed by atoms with Gasteiger partial charge in [0.1, 0.15) is 0 Å². The summed E-state index contributed by atoms with van der Waals surface area (Å²) < 4.78 is 39.2. The van der Waals surface area contributed by atoms with Crippen molar-refractivity contribution in [3.8, 4) is 11.3 Å². The van der Waals surface area contributed by atoms with E-state index in [1.165, 1.54) is 24.3 Å². The molecule has 0 spiro atoms. The maximum absolute atomic E-state index is 12.7. The molecule has 4 rings (SSSR count). The van der Waals surface area contributed by atoms with Crippen molar-refractivity contribution in [3.05, 3.63) is 83.7 Å². The van der Waals surface area contributed by atoms with Crippen molar-refractivity contribution in [1.82, 2.24) is 14.6 Å². The lowest BCUT2D eigenvalue weighted by molar-refractivity contribution is -0.0328. The molecule has 0 radical (unpaired) electrons. The Bertz CT molecular complexity index is 1200. The van der Waals surface area contributed by atoms with E-state index in [4.69, 9.17) is 0 Å². The first-order valence-corrected chi connectivity index (χ1v) is 9.91. The quantitative estimate of drug-likeness (QED) is 0.301. The number of aromatic nitrogens is 3. The topological polar surface area (TPSA) is 47.3 Å². The number of rotatable bonds is 5. The maximum atomic E-state index is 12.7. The summed E-state index contributed by atoms with van der Waals surface area (Å²) in [6.07, 6.45) is 0.0340. The molecule has 0 N–H and O–H groups in total. The Morgan fingerprint density at radius 1 is 1.03 bits per heavy atom. The van der Waals surface area contributed by atoms with Crippen molar-refractivity contribution in [3.63, 3.8) is 0 Å². The second-order valence-corrected chi connectivity index (χ2v) is 7.87. The van der Waals surface area contributed by atoms with Gasteiger partial charge in [-0.2, -0.15) is 18.3 Å². The van der Waals surface area contributed by atoms with Crippen LogP contribution in [0.5, 0.6) is 0 Å². The van der Waals surface area contributed by atoms with Gasteiger partial charge >= 0.3 is 5.51 Å². The summed E-state index contributed by atoms with van der Waals surface area (Å²) in [6, 6.07) is 18.8. The van der Waals surface area contributed by atoms with E-state index < -0.39 is 5.51 Å². The van der Waals surface area contributed by atoms with E-state index in [1.807, 2.05) is 49.4 Å². The predicted octanol–water partition coefficient (Wildman–Crippen LogP) is 5.74. The van der Waals surface area contributed by atoms with Gasteiger partial charge in [-0.05, 0) is 36.9 Å². The van der Waals surface area contributed by atoms with E-state index in [0.717, 1.165) is 17.0 Å². The number of carbonyl (C=O) groups is 1. The minimum Gasteiger partial charge on any atom is -0.294 e. The summed E-state index contributed by atoms with van der Waals surface area (Å²) in [5.41, 5.74) is -0.255. The van der Waals surface area contributed by atoms with Crippen molar-refractivity contribution in [1.29, 1.82) is 0 Å². The summed E-state index contributed by atoms with van der Waals surface area (Å²) in [7, 11) is 0. The molecule has 2 aromatic carbocycles. The van der Waals surface area contributed by atoms with E-state index in [-0.39, 0.29) is 28.9 Å². The minimum atomic E-state index is -4.36. The Kier molecular flexibility index (Phi) is 5.34. The third kappa shape index (κ3) is 4.54. The number of Topliss-reactive ketones (excluding diaryl/α,β-unsaturated/α-hetero) is 1. The van der Waals surface area contributed by atoms with E-state index in [0.29, 0.717) is 16.9 Å². The highest BCUT2D eigenvalue weighted by atomic mass is 32.2. The largest absolute Gasteiger partial charge is 0.446 e. The van der Waals surface area contributed by atoms with E-state index in [9.17, 15) is 18.0 Å². The normalized spacial score (nSPS) is 11.7. The van der Waals surface area contributed by atoms with Gasteiger partial charge in [0.05, 0.1) is 23.5 Å². The van der Waals surface area contributed by atoms with Gasteiger partial charge in [0.25, 0.3) is 0 Å². The monoisotopic (exact) mass is 427 g/mol. The third-order valence-corrected chi connectivity index (χ3v) is 5.16. The average molecular weight is 427 g/mol. The molecule has 8 heteroatoms. The first kappa shape index (κ1) is 20.2. The molecule has 0 aliphatic carbocycles. The number of ketones is 1. The van der Waals surface area contributed by atoms with Crippen LogP contribution in [0.1, 0.15) is 21.7 Å². The van der Waals surface area contributed by atoms with Crippen LogP contribution in [0.25, 0.3) is 16.9 Å². The Balaban J connectivity index is 1.63. The zero-order valence-electron chi connectivity index (χ0n) is 15.8. The number of hydrogen-bond donors (Lipinski definition) is 0. The molecule has 0 fully saturated rings. The van der Waals surface area contributed by atoms with E-state index in [1.54, 1.807) is 4.52 Å². The minimum absolute atomic E-state index is 0.0340. The van der Waals surface area contributed by atoms with Crippen LogP contribution in [0.4, 0.5) is 13.2 Å². The first-order chi connectivity index (χ1) is 14.3. The highest BCUT2D eigenvalue weighted by molar-refractivity contribution is 8.00. The second-order valence-electron chi connectivity index (χ2n) is 6.73. The molecule has 0 unspecified atom stereocenters. The molecule has 152 valence electrons. The van der Waals surface area contributed by atoms with Gasteiger partial charge < -0.3 is 0 Å². The summed E-state index contributed by atoms with van der Waals surface area (Å²) in [4.78, 5) is 17.3.